The Labute approximate surface area is 180 Å². The van der Waals surface area contributed by atoms with Gasteiger partial charge >= 0.3 is 0 Å². The first-order valence-corrected chi connectivity index (χ1v) is 10.6. The molecule has 1 aliphatic rings. The zero-order valence-corrected chi connectivity index (χ0v) is 18.0. The molecular weight excluding hydrogens is 404 g/mol. The zero-order chi connectivity index (χ0) is 22.0. The van der Waals surface area contributed by atoms with Crippen LogP contribution in [0.3, 0.4) is 0 Å². The van der Waals surface area contributed by atoms with E-state index in [2.05, 4.69) is 15.0 Å². The molecule has 8 heteroatoms. The largest absolute Gasteiger partial charge is 0.493 e. The molecule has 0 unspecified atom stereocenters. The van der Waals surface area contributed by atoms with E-state index >= 15 is 0 Å². The number of benzene rings is 1. The van der Waals surface area contributed by atoms with E-state index in [1.165, 1.54) is 6.07 Å². The molecule has 1 aliphatic heterocycles. The van der Waals surface area contributed by atoms with Crippen molar-refractivity contribution in [2.45, 2.75) is 45.6 Å². The summed E-state index contributed by atoms with van der Waals surface area (Å²) in [6.07, 6.45) is -0.728. The van der Waals surface area contributed by atoms with E-state index in [0.717, 1.165) is 43.8 Å². The Hall–Kier alpha value is -2.74. The summed E-state index contributed by atoms with van der Waals surface area (Å²) in [7, 11) is 1.63. The van der Waals surface area contributed by atoms with Crippen LogP contribution in [0.15, 0.2) is 28.8 Å². The third-order valence-corrected chi connectivity index (χ3v) is 5.76. The second-order valence-electron chi connectivity index (χ2n) is 7.88. The number of aromatic nitrogens is 2. The fourth-order valence-corrected chi connectivity index (χ4v) is 4.31. The highest BCUT2D eigenvalue weighted by molar-refractivity contribution is 5.80. The predicted octanol–water partition coefficient (Wildman–Crippen LogP) is 5.26. The van der Waals surface area contributed by atoms with Crippen molar-refractivity contribution in [1.82, 2.24) is 15.0 Å². The lowest BCUT2D eigenvalue weighted by Gasteiger charge is -2.32. The lowest BCUT2D eigenvalue weighted by molar-refractivity contribution is 0.152. The molecule has 0 radical (unpaired) electrons. The number of pyridine rings is 1. The van der Waals surface area contributed by atoms with Gasteiger partial charge in [0.25, 0.3) is 12.1 Å². The number of piperidine rings is 1. The Morgan fingerprint density at radius 1 is 1.26 bits per heavy atom. The first kappa shape index (κ1) is 21.5. The molecule has 0 aliphatic carbocycles. The molecular formula is C23H27F2N3O3. The minimum absolute atomic E-state index is 0.0490. The lowest BCUT2D eigenvalue weighted by atomic mass is 9.92. The van der Waals surface area contributed by atoms with E-state index < -0.39 is 6.43 Å². The molecule has 1 aromatic carbocycles. The van der Waals surface area contributed by atoms with Gasteiger partial charge in [-0.3, -0.25) is 4.90 Å². The molecule has 1 saturated heterocycles. The fourth-order valence-electron chi connectivity index (χ4n) is 4.31. The summed E-state index contributed by atoms with van der Waals surface area (Å²) in [6.45, 7) is 6.59. The van der Waals surface area contributed by atoms with Crippen molar-refractivity contribution in [2.75, 3.05) is 26.8 Å². The van der Waals surface area contributed by atoms with E-state index in [1.54, 1.807) is 14.0 Å². The number of hydrogen-bond acceptors (Lipinski definition) is 6. The van der Waals surface area contributed by atoms with Gasteiger partial charge in [-0.25, -0.2) is 13.8 Å². The average molecular weight is 431 g/mol. The number of aryl methyl sites for hydroxylation is 1. The molecule has 31 heavy (non-hydrogen) atoms. The Kier molecular flexibility index (Phi) is 6.36. The molecule has 0 bridgehead atoms. The summed E-state index contributed by atoms with van der Waals surface area (Å²) in [5.74, 6) is 1.50. The standard InChI is InChI=1S/C23H27F2N3O3/c1-4-30-19-8-7-15(10-20(19)29-3)12-28-9-5-6-16(13-28)18-11-17(22(24)25)21-14(2)27-31-23(21)26-18/h7-8,10-11,16,22H,4-6,9,12-13H2,1-3H3/t16-/m0/s1. The normalized spacial score (nSPS) is 17.4. The molecule has 4 rings (SSSR count). The van der Waals surface area contributed by atoms with Gasteiger partial charge in [-0.1, -0.05) is 11.2 Å². The predicted molar refractivity (Wildman–Crippen MR) is 113 cm³/mol. The van der Waals surface area contributed by atoms with Gasteiger partial charge in [0.2, 0.25) is 0 Å². The Morgan fingerprint density at radius 2 is 2.10 bits per heavy atom. The van der Waals surface area contributed by atoms with Gasteiger partial charge in [-0.15, -0.1) is 0 Å². The Morgan fingerprint density at radius 3 is 2.84 bits per heavy atom. The monoisotopic (exact) mass is 431 g/mol. The zero-order valence-electron chi connectivity index (χ0n) is 18.0. The van der Waals surface area contributed by atoms with E-state index in [-0.39, 0.29) is 17.2 Å². The Bertz CT molecular complexity index is 1050. The summed E-state index contributed by atoms with van der Waals surface area (Å²) in [5, 5.41) is 4.16. The van der Waals surface area contributed by atoms with Crippen LogP contribution in [0.1, 0.15) is 54.6 Å². The van der Waals surface area contributed by atoms with Gasteiger partial charge in [-0.2, -0.15) is 0 Å². The quantitative estimate of drug-likeness (QED) is 0.509. The smallest absolute Gasteiger partial charge is 0.264 e. The van der Waals surface area contributed by atoms with Gasteiger partial charge in [0, 0.05) is 30.3 Å². The van der Waals surface area contributed by atoms with E-state index in [9.17, 15) is 8.78 Å². The summed E-state index contributed by atoms with van der Waals surface area (Å²) in [6, 6.07) is 7.49. The van der Waals surface area contributed by atoms with Crippen LogP contribution in [0, 0.1) is 6.92 Å². The van der Waals surface area contributed by atoms with Crippen LogP contribution < -0.4 is 9.47 Å². The van der Waals surface area contributed by atoms with Crippen LogP contribution in [-0.4, -0.2) is 41.8 Å². The summed E-state index contributed by atoms with van der Waals surface area (Å²) in [5.41, 5.74) is 2.35. The molecule has 3 aromatic rings. The summed E-state index contributed by atoms with van der Waals surface area (Å²) in [4.78, 5) is 6.86. The first-order chi connectivity index (χ1) is 15.0. The number of nitrogens with zero attached hydrogens (tertiary/aromatic N) is 3. The highest BCUT2D eigenvalue weighted by atomic mass is 19.3. The third-order valence-electron chi connectivity index (χ3n) is 5.76. The average Bonchev–Trinajstić information content (AvgIpc) is 3.15. The van der Waals surface area contributed by atoms with Crippen LogP contribution >= 0.6 is 0 Å². The highest BCUT2D eigenvalue weighted by Gasteiger charge is 2.27. The van der Waals surface area contributed by atoms with Crippen LogP contribution in [-0.2, 0) is 6.54 Å². The molecule has 1 fully saturated rings. The van der Waals surface area contributed by atoms with Crippen molar-refractivity contribution in [2.24, 2.45) is 0 Å². The maximum atomic E-state index is 13.7. The van der Waals surface area contributed by atoms with E-state index in [1.807, 2.05) is 25.1 Å². The van der Waals surface area contributed by atoms with Crippen molar-refractivity contribution in [3.63, 3.8) is 0 Å². The third kappa shape index (κ3) is 4.49. The summed E-state index contributed by atoms with van der Waals surface area (Å²) < 4.78 is 43.7. The molecule has 6 nitrogen and oxygen atoms in total. The SMILES string of the molecule is CCOc1ccc(CN2CCC[C@H](c3cc(C(F)F)c4c(C)noc4n3)C2)cc1OC. The van der Waals surface area contributed by atoms with Gasteiger partial charge in [0.15, 0.2) is 11.5 Å². The van der Waals surface area contributed by atoms with Gasteiger partial charge in [-0.05, 0) is 57.0 Å². The number of hydrogen-bond donors (Lipinski definition) is 0. The fraction of sp³-hybridized carbons (Fsp3) is 0.478. The first-order valence-electron chi connectivity index (χ1n) is 10.6. The molecule has 0 N–H and O–H groups in total. The van der Waals surface area contributed by atoms with Crippen molar-refractivity contribution < 1.29 is 22.8 Å². The van der Waals surface area contributed by atoms with Crippen molar-refractivity contribution in [3.05, 3.63) is 46.8 Å². The second kappa shape index (κ2) is 9.18. The molecule has 166 valence electrons. The number of ether oxygens (including phenoxy) is 2. The van der Waals surface area contributed by atoms with Crippen LogP contribution in [0.25, 0.3) is 11.1 Å². The van der Waals surface area contributed by atoms with Crippen LogP contribution in [0.5, 0.6) is 11.5 Å². The lowest BCUT2D eigenvalue weighted by Crippen LogP contribution is -2.34. The molecule has 0 spiro atoms. The number of fused-ring (bicyclic) bond motifs is 1. The summed E-state index contributed by atoms with van der Waals surface area (Å²) >= 11 is 0. The van der Waals surface area contributed by atoms with Gasteiger partial charge in [0.1, 0.15) is 0 Å². The number of likely N-dealkylation sites (tertiary alicyclic amines) is 1. The number of rotatable bonds is 7. The number of alkyl halides is 2. The van der Waals surface area contributed by atoms with Crippen molar-refractivity contribution >= 4 is 11.1 Å². The van der Waals surface area contributed by atoms with Crippen LogP contribution in [0.2, 0.25) is 0 Å². The Balaban J connectivity index is 1.54. The number of methoxy groups -OCH3 is 1. The minimum atomic E-state index is -2.60. The molecule has 0 amide bonds. The maximum Gasteiger partial charge on any atom is 0.264 e. The van der Waals surface area contributed by atoms with Crippen molar-refractivity contribution in [3.8, 4) is 11.5 Å². The molecule has 0 saturated carbocycles. The van der Waals surface area contributed by atoms with Gasteiger partial charge in [0.05, 0.1) is 24.8 Å². The van der Waals surface area contributed by atoms with E-state index in [4.69, 9.17) is 14.0 Å². The van der Waals surface area contributed by atoms with Gasteiger partial charge < -0.3 is 14.0 Å². The maximum absolute atomic E-state index is 13.7. The minimum Gasteiger partial charge on any atom is -0.493 e. The second-order valence-corrected chi connectivity index (χ2v) is 7.88. The highest BCUT2D eigenvalue weighted by Crippen LogP contribution is 2.35. The molecule has 1 atom stereocenters. The molecule has 3 heterocycles. The van der Waals surface area contributed by atoms with Crippen molar-refractivity contribution in [1.29, 1.82) is 0 Å². The van der Waals surface area contributed by atoms with E-state index in [0.29, 0.717) is 29.1 Å². The number of halogens is 2. The van der Waals surface area contributed by atoms with Crippen LogP contribution in [0.4, 0.5) is 8.78 Å². The topological polar surface area (TPSA) is 60.6 Å². The molecule has 2 aromatic heterocycles.